The van der Waals surface area contributed by atoms with Gasteiger partial charge in [-0.3, -0.25) is 4.79 Å². The van der Waals surface area contributed by atoms with Gasteiger partial charge in [-0.15, -0.1) is 0 Å². The van der Waals surface area contributed by atoms with Crippen molar-refractivity contribution in [1.82, 2.24) is 0 Å². The number of carbonyl (C=O) groups is 2. The minimum atomic E-state index is -1.11. The topological polar surface area (TPSA) is 75.6 Å². The van der Waals surface area contributed by atoms with E-state index < -0.39 is 18.0 Å². The molecular weight excluding hydrogens is 258 g/mol. The second kappa shape index (κ2) is 6.37. The molecule has 0 saturated carbocycles. The Morgan fingerprint density at radius 2 is 2.17 bits per heavy atom. The van der Waals surface area contributed by atoms with Gasteiger partial charge in [0.05, 0.1) is 0 Å². The van der Waals surface area contributed by atoms with Gasteiger partial charge in [0.1, 0.15) is 6.61 Å². The van der Waals surface area contributed by atoms with Crippen molar-refractivity contribution in [1.29, 1.82) is 0 Å². The molecule has 18 heavy (non-hydrogen) atoms. The Kier molecular flexibility index (Phi) is 5.12. The fraction of sp³-hybridized carbons (Fsp3) is 0.333. The molecule has 1 amide bonds. The third kappa shape index (κ3) is 4.35. The number of ether oxygens (including phenoxy) is 1. The molecule has 5 nitrogen and oxygen atoms in total. The van der Waals surface area contributed by atoms with Gasteiger partial charge in [0.2, 0.25) is 5.91 Å². The highest BCUT2D eigenvalue weighted by Crippen LogP contribution is 2.19. The van der Waals surface area contributed by atoms with Crippen molar-refractivity contribution in [3.05, 3.63) is 28.8 Å². The number of aliphatic carboxylic acids is 1. The number of aryl methyl sites for hydroxylation is 1. The lowest BCUT2D eigenvalue weighted by molar-refractivity contribution is -0.150. The first kappa shape index (κ1) is 14.5. The molecule has 2 N–H and O–H groups in total. The minimum absolute atomic E-state index is 0.320. The molecule has 0 saturated heterocycles. The van der Waals surface area contributed by atoms with Crippen LogP contribution in [0.1, 0.15) is 12.5 Å². The Morgan fingerprint density at radius 3 is 2.78 bits per heavy atom. The molecule has 0 aliphatic rings. The summed E-state index contributed by atoms with van der Waals surface area (Å²) in [5, 5.41) is 11.7. The van der Waals surface area contributed by atoms with E-state index in [2.05, 4.69) is 5.32 Å². The van der Waals surface area contributed by atoms with Gasteiger partial charge < -0.3 is 15.2 Å². The highest BCUT2D eigenvalue weighted by atomic mass is 35.5. The van der Waals surface area contributed by atoms with E-state index in [1.54, 1.807) is 18.2 Å². The SMILES string of the molecule is Cc1ccc(Cl)cc1NC(=O)COC(C)C(=O)O. The summed E-state index contributed by atoms with van der Waals surface area (Å²) < 4.78 is 4.86. The molecule has 0 heterocycles. The maximum absolute atomic E-state index is 11.5. The second-order valence-corrected chi connectivity index (χ2v) is 4.24. The number of carbonyl (C=O) groups excluding carboxylic acids is 1. The summed E-state index contributed by atoms with van der Waals surface area (Å²) in [5.41, 5.74) is 1.44. The van der Waals surface area contributed by atoms with Crippen LogP contribution in [0.2, 0.25) is 5.02 Å². The lowest BCUT2D eigenvalue weighted by atomic mass is 10.2. The number of hydrogen-bond acceptors (Lipinski definition) is 3. The average molecular weight is 272 g/mol. The fourth-order valence-electron chi connectivity index (χ4n) is 1.19. The van der Waals surface area contributed by atoms with Crippen LogP contribution in [-0.2, 0) is 14.3 Å². The number of rotatable bonds is 5. The summed E-state index contributed by atoms with van der Waals surface area (Å²) in [6.45, 7) is 2.87. The molecule has 0 bridgehead atoms. The molecule has 98 valence electrons. The molecule has 0 aromatic heterocycles. The number of carboxylic acid groups (broad SMARTS) is 1. The van der Waals surface area contributed by atoms with Crippen molar-refractivity contribution in [2.24, 2.45) is 0 Å². The van der Waals surface area contributed by atoms with Gasteiger partial charge in [0.15, 0.2) is 6.10 Å². The summed E-state index contributed by atoms with van der Waals surface area (Å²) in [5.74, 6) is -1.53. The number of carboxylic acids is 1. The van der Waals surface area contributed by atoms with Crippen LogP contribution in [0.15, 0.2) is 18.2 Å². The summed E-state index contributed by atoms with van der Waals surface area (Å²) in [4.78, 5) is 22.0. The van der Waals surface area contributed by atoms with Crippen molar-refractivity contribution in [2.45, 2.75) is 20.0 Å². The molecule has 0 aliphatic carbocycles. The molecule has 0 aliphatic heterocycles. The molecule has 0 fully saturated rings. The second-order valence-electron chi connectivity index (χ2n) is 3.80. The van der Waals surface area contributed by atoms with Crippen molar-refractivity contribution in [3.63, 3.8) is 0 Å². The summed E-state index contributed by atoms with van der Waals surface area (Å²) in [6, 6.07) is 5.11. The van der Waals surface area contributed by atoms with Crippen molar-refractivity contribution < 1.29 is 19.4 Å². The first-order valence-corrected chi connectivity index (χ1v) is 5.68. The standard InChI is InChI=1S/C12H14ClNO4/c1-7-3-4-9(13)5-10(7)14-11(15)6-18-8(2)12(16)17/h3-5,8H,6H2,1-2H3,(H,14,15)(H,16,17). The van der Waals surface area contributed by atoms with E-state index in [0.717, 1.165) is 5.56 Å². The van der Waals surface area contributed by atoms with Crippen LogP contribution in [0.25, 0.3) is 0 Å². The lowest BCUT2D eigenvalue weighted by Crippen LogP contribution is -2.26. The van der Waals surface area contributed by atoms with Crippen molar-refractivity contribution in [3.8, 4) is 0 Å². The zero-order valence-corrected chi connectivity index (χ0v) is 10.8. The number of halogens is 1. The number of nitrogens with one attached hydrogen (secondary N) is 1. The molecule has 1 rings (SSSR count). The molecule has 0 radical (unpaired) electrons. The van der Waals surface area contributed by atoms with Crippen LogP contribution in [0, 0.1) is 6.92 Å². The Bertz CT molecular complexity index is 461. The largest absolute Gasteiger partial charge is 0.479 e. The van der Waals surface area contributed by atoms with Crippen molar-refractivity contribution >= 4 is 29.2 Å². The molecule has 0 spiro atoms. The highest BCUT2D eigenvalue weighted by Gasteiger charge is 2.13. The highest BCUT2D eigenvalue weighted by molar-refractivity contribution is 6.31. The average Bonchev–Trinajstić information content (AvgIpc) is 2.30. The number of anilines is 1. The molecular formula is C12H14ClNO4. The minimum Gasteiger partial charge on any atom is -0.479 e. The van der Waals surface area contributed by atoms with Gasteiger partial charge in [0, 0.05) is 10.7 Å². The van der Waals surface area contributed by atoms with E-state index in [-0.39, 0.29) is 6.61 Å². The van der Waals surface area contributed by atoms with E-state index in [1.807, 2.05) is 6.92 Å². The van der Waals surface area contributed by atoms with Gasteiger partial charge in [-0.25, -0.2) is 4.79 Å². The van der Waals surface area contributed by atoms with E-state index >= 15 is 0 Å². The third-order valence-corrected chi connectivity index (χ3v) is 2.52. The fourth-order valence-corrected chi connectivity index (χ4v) is 1.36. The van der Waals surface area contributed by atoms with Crippen LogP contribution in [0.3, 0.4) is 0 Å². The maximum atomic E-state index is 11.5. The Hall–Kier alpha value is -1.59. The Labute approximate surface area is 110 Å². The molecule has 1 atom stereocenters. The monoisotopic (exact) mass is 271 g/mol. The van der Waals surface area contributed by atoms with Gasteiger partial charge in [-0.1, -0.05) is 17.7 Å². The Morgan fingerprint density at radius 1 is 1.50 bits per heavy atom. The lowest BCUT2D eigenvalue weighted by Gasteiger charge is -2.10. The first-order chi connectivity index (χ1) is 8.40. The van der Waals surface area contributed by atoms with Crippen LogP contribution in [0.5, 0.6) is 0 Å². The van der Waals surface area contributed by atoms with Crippen LogP contribution >= 0.6 is 11.6 Å². The maximum Gasteiger partial charge on any atom is 0.332 e. The van der Waals surface area contributed by atoms with E-state index in [0.29, 0.717) is 10.7 Å². The van der Waals surface area contributed by atoms with Crippen molar-refractivity contribution in [2.75, 3.05) is 11.9 Å². The zero-order chi connectivity index (χ0) is 13.7. The van der Waals surface area contributed by atoms with Gasteiger partial charge in [-0.2, -0.15) is 0 Å². The quantitative estimate of drug-likeness (QED) is 0.860. The molecule has 1 unspecified atom stereocenters. The molecule has 1 aromatic carbocycles. The van der Waals surface area contributed by atoms with Crippen LogP contribution < -0.4 is 5.32 Å². The number of amides is 1. The summed E-state index contributed by atoms with van der Waals surface area (Å²) in [6.07, 6.45) is -1.02. The van der Waals surface area contributed by atoms with E-state index in [4.69, 9.17) is 21.4 Å². The van der Waals surface area contributed by atoms with Crippen LogP contribution in [0.4, 0.5) is 5.69 Å². The number of hydrogen-bond donors (Lipinski definition) is 2. The van der Waals surface area contributed by atoms with Crippen LogP contribution in [-0.4, -0.2) is 29.7 Å². The smallest absolute Gasteiger partial charge is 0.332 e. The normalized spacial score (nSPS) is 11.9. The molecule has 6 heteroatoms. The van der Waals surface area contributed by atoms with E-state index in [1.165, 1.54) is 6.92 Å². The van der Waals surface area contributed by atoms with Gasteiger partial charge >= 0.3 is 5.97 Å². The predicted molar refractivity (Wildman–Crippen MR) is 67.9 cm³/mol. The summed E-state index contributed by atoms with van der Waals surface area (Å²) in [7, 11) is 0. The van der Waals surface area contributed by atoms with Gasteiger partial charge in [-0.05, 0) is 31.5 Å². The first-order valence-electron chi connectivity index (χ1n) is 5.30. The Balaban J connectivity index is 2.54. The molecule has 1 aromatic rings. The zero-order valence-electron chi connectivity index (χ0n) is 10.1. The summed E-state index contributed by atoms with van der Waals surface area (Å²) >= 11 is 5.81. The third-order valence-electron chi connectivity index (χ3n) is 2.29. The predicted octanol–water partition coefficient (Wildman–Crippen LogP) is 2.08. The van der Waals surface area contributed by atoms with Gasteiger partial charge in [0.25, 0.3) is 0 Å². The number of benzene rings is 1. The van der Waals surface area contributed by atoms with E-state index in [9.17, 15) is 9.59 Å².